The third-order valence-corrected chi connectivity index (χ3v) is 4.84. The second kappa shape index (κ2) is 6.36. The maximum absolute atomic E-state index is 15.0. The van der Waals surface area contributed by atoms with Gasteiger partial charge in [-0.3, -0.25) is 14.4 Å². The number of nitrogens with zero attached hydrogens (tertiary/aromatic N) is 4. The molecular weight excluding hydrogens is 283 g/mol. The molecule has 0 aromatic carbocycles. The number of hydrogen-bond acceptors (Lipinski definition) is 3. The van der Waals surface area contributed by atoms with E-state index in [1.165, 1.54) is 0 Å². The summed E-state index contributed by atoms with van der Waals surface area (Å²) in [7, 11) is 0. The first-order valence-electron chi connectivity index (χ1n) is 8.33. The molecule has 2 fully saturated rings. The van der Waals surface area contributed by atoms with Gasteiger partial charge in [0.1, 0.15) is 0 Å². The van der Waals surface area contributed by atoms with Crippen LogP contribution in [0.5, 0.6) is 0 Å². The number of alkyl halides is 1. The maximum atomic E-state index is 15.0. The molecule has 0 spiro atoms. The van der Waals surface area contributed by atoms with Crippen molar-refractivity contribution in [3.8, 4) is 0 Å². The summed E-state index contributed by atoms with van der Waals surface area (Å²) in [4.78, 5) is 16.3. The largest absolute Gasteiger partial charge is 0.340 e. The van der Waals surface area contributed by atoms with Gasteiger partial charge < -0.3 is 4.90 Å². The monoisotopic (exact) mass is 308 g/mol. The molecule has 0 atom stereocenters. The maximum Gasteiger partial charge on any atom is 0.260 e. The van der Waals surface area contributed by atoms with Gasteiger partial charge in [0.25, 0.3) is 5.91 Å². The van der Waals surface area contributed by atoms with E-state index in [2.05, 4.69) is 16.9 Å². The van der Waals surface area contributed by atoms with Crippen LogP contribution in [-0.4, -0.2) is 57.3 Å². The number of amides is 1. The number of aromatic nitrogens is 2. The Balaban J connectivity index is 1.53. The quantitative estimate of drug-likeness (QED) is 0.852. The highest BCUT2D eigenvalue weighted by Gasteiger charge is 2.44. The van der Waals surface area contributed by atoms with Crippen molar-refractivity contribution in [2.45, 2.75) is 51.4 Å². The highest BCUT2D eigenvalue weighted by molar-refractivity contribution is 5.85. The van der Waals surface area contributed by atoms with Gasteiger partial charge in [-0.25, -0.2) is 4.39 Å². The molecule has 0 aliphatic carbocycles. The van der Waals surface area contributed by atoms with Gasteiger partial charge in [-0.1, -0.05) is 0 Å². The van der Waals surface area contributed by atoms with Gasteiger partial charge in [-0.15, -0.1) is 0 Å². The van der Waals surface area contributed by atoms with E-state index in [1.807, 2.05) is 17.1 Å². The van der Waals surface area contributed by atoms with Crippen LogP contribution in [0.1, 0.15) is 38.2 Å². The molecule has 2 saturated heterocycles. The van der Waals surface area contributed by atoms with Crippen molar-refractivity contribution in [3.63, 3.8) is 0 Å². The van der Waals surface area contributed by atoms with Crippen LogP contribution in [0.2, 0.25) is 0 Å². The van der Waals surface area contributed by atoms with Gasteiger partial charge in [0.15, 0.2) is 5.67 Å². The van der Waals surface area contributed by atoms with Crippen molar-refractivity contribution in [2.75, 3.05) is 26.2 Å². The fourth-order valence-electron chi connectivity index (χ4n) is 3.40. The minimum absolute atomic E-state index is 0.275. The molecule has 0 N–H and O–H groups in total. The summed E-state index contributed by atoms with van der Waals surface area (Å²) < 4.78 is 16.9. The Bertz CT molecular complexity index is 516. The molecule has 1 aromatic heterocycles. The van der Waals surface area contributed by atoms with Crippen molar-refractivity contribution in [2.24, 2.45) is 0 Å². The summed E-state index contributed by atoms with van der Waals surface area (Å²) in [6, 6.07) is 0. The average molecular weight is 308 g/mol. The molecular formula is C16H25FN4O. The van der Waals surface area contributed by atoms with Crippen LogP contribution in [0, 0.1) is 0 Å². The zero-order valence-electron chi connectivity index (χ0n) is 13.3. The Morgan fingerprint density at radius 1 is 1.27 bits per heavy atom. The molecule has 1 amide bonds. The summed E-state index contributed by atoms with van der Waals surface area (Å²) in [5.74, 6) is -0.275. The molecule has 3 rings (SSSR count). The molecule has 1 aromatic rings. The smallest absolute Gasteiger partial charge is 0.260 e. The van der Waals surface area contributed by atoms with Crippen LogP contribution in [0.15, 0.2) is 12.4 Å². The number of piperidine rings is 1. The van der Waals surface area contributed by atoms with Gasteiger partial charge in [-0.2, -0.15) is 5.10 Å². The van der Waals surface area contributed by atoms with Crippen LogP contribution in [0.4, 0.5) is 4.39 Å². The van der Waals surface area contributed by atoms with E-state index in [4.69, 9.17) is 0 Å². The van der Waals surface area contributed by atoms with E-state index in [1.54, 1.807) is 4.90 Å². The summed E-state index contributed by atoms with van der Waals surface area (Å²) >= 11 is 0. The van der Waals surface area contributed by atoms with E-state index < -0.39 is 5.67 Å². The molecule has 122 valence electrons. The Kier molecular flexibility index (Phi) is 4.47. The van der Waals surface area contributed by atoms with Crippen LogP contribution in [-0.2, 0) is 17.9 Å². The molecule has 0 saturated carbocycles. The standard InChI is InChI=1S/C16H25FN4O/c1-2-21-13-14(11-18-21)12-19-9-5-16(17,6-10-19)15(22)20-7-3-4-8-20/h11,13H,2-10,12H2,1H3. The van der Waals surface area contributed by atoms with Crippen molar-refractivity contribution in [3.05, 3.63) is 18.0 Å². The van der Waals surface area contributed by atoms with Crippen LogP contribution in [0.25, 0.3) is 0 Å². The summed E-state index contributed by atoms with van der Waals surface area (Å²) in [5, 5.41) is 4.26. The minimum Gasteiger partial charge on any atom is -0.340 e. The lowest BCUT2D eigenvalue weighted by Crippen LogP contribution is -2.51. The predicted molar refractivity (Wildman–Crippen MR) is 82.1 cm³/mol. The molecule has 2 aliphatic heterocycles. The number of rotatable bonds is 4. The van der Waals surface area contributed by atoms with Crippen molar-refractivity contribution < 1.29 is 9.18 Å². The molecule has 6 heteroatoms. The predicted octanol–water partition coefficient (Wildman–Crippen LogP) is 1.83. The molecule has 5 nitrogen and oxygen atoms in total. The Morgan fingerprint density at radius 2 is 1.95 bits per heavy atom. The fourth-order valence-corrected chi connectivity index (χ4v) is 3.40. The van der Waals surface area contributed by atoms with Crippen LogP contribution in [0.3, 0.4) is 0 Å². The molecule has 3 heterocycles. The number of carbonyl (C=O) groups is 1. The van der Waals surface area contributed by atoms with Gasteiger partial charge in [0, 0.05) is 63.9 Å². The number of carbonyl (C=O) groups excluding carboxylic acids is 1. The second-order valence-electron chi connectivity index (χ2n) is 6.45. The lowest BCUT2D eigenvalue weighted by Gasteiger charge is -2.37. The molecule has 0 radical (unpaired) electrons. The molecule has 0 bridgehead atoms. The third-order valence-electron chi connectivity index (χ3n) is 4.84. The first kappa shape index (κ1) is 15.5. The number of halogens is 1. The summed E-state index contributed by atoms with van der Waals surface area (Å²) in [6.07, 6.45) is 6.54. The van der Waals surface area contributed by atoms with Gasteiger partial charge in [-0.05, 0) is 19.8 Å². The fraction of sp³-hybridized carbons (Fsp3) is 0.750. The van der Waals surface area contributed by atoms with Gasteiger partial charge in [0.2, 0.25) is 0 Å². The van der Waals surface area contributed by atoms with Crippen LogP contribution < -0.4 is 0 Å². The molecule has 0 unspecified atom stereocenters. The first-order chi connectivity index (χ1) is 10.6. The van der Waals surface area contributed by atoms with Crippen molar-refractivity contribution in [1.29, 1.82) is 0 Å². The third kappa shape index (κ3) is 3.16. The molecule has 2 aliphatic rings. The number of likely N-dealkylation sites (tertiary alicyclic amines) is 2. The van der Waals surface area contributed by atoms with E-state index in [9.17, 15) is 9.18 Å². The second-order valence-corrected chi connectivity index (χ2v) is 6.45. The zero-order chi connectivity index (χ0) is 15.6. The van der Waals surface area contributed by atoms with Crippen molar-refractivity contribution in [1.82, 2.24) is 19.6 Å². The van der Waals surface area contributed by atoms with Gasteiger partial charge >= 0.3 is 0 Å². The summed E-state index contributed by atoms with van der Waals surface area (Å²) in [6.45, 7) is 6.42. The van der Waals surface area contributed by atoms with Crippen molar-refractivity contribution >= 4 is 5.91 Å². The van der Waals surface area contributed by atoms with E-state index >= 15 is 0 Å². The number of aryl methyl sites for hydroxylation is 1. The first-order valence-corrected chi connectivity index (χ1v) is 8.33. The Morgan fingerprint density at radius 3 is 2.55 bits per heavy atom. The minimum atomic E-state index is -1.64. The topological polar surface area (TPSA) is 41.4 Å². The normalized spacial score (nSPS) is 22.2. The van der Waals surface area contributed by atoms with E-state index in [0.717, 1.165) is 44.6 Å². The Hall–Kier alpha value is -1.43. The zero-order valence-corrected chi connectivity index (χ0v) is 13.3. The lowest BCUT2D eigenvalue weighted by molar-refractivity contribution is -0.146. The summed E-state index contributed by atoms with van der Waals surface area (Å²) in [5.41, 5.74) is -0.492. The molecule has 22 heavy (non-hydrogen) atoms. The highest BCUT2D eigenvalue weighted by atomic mass is 19.1. The average Bonchev–Trinajstić information content (AvgIpc) is 3.20. The highest BCUT2D eigenvalue weighted by Crippen LogP contribution is 2.30. The SMILES string of the molecule is CCn1cc(CN2CCC(F)(C(=O)N3CCCC3)CC2)cn1. The lowest BCUT2D eigenvalue weighted by atomic mass is 9.91. The van der Waals surface area contributed by atoms with E-state index in [-0.39, 0.29) is 5.91 Å². The number of hydrogen-bond donors (Lipinski definition) is 0. The van der Waals surface area contributed by atoms with E-state index in [0.29, 0.717) is 25.9 Å². The van der Waals surface area contributed by atoms with Crippen LogP contribution >= 0.6 is 0 Å². The van der Waals surface area contributed by atoms with Gasteiger partial charge in [0.05, 0.1) is 6.20 Å². The Labute approximate surface area is 131 Å².